The van der Waals surface area contributed by atoms with Crippen LogP contribution in [0.4, 0.5) is 68.8 Å². The molecule has 0 bridgehead atoms. The zero-order chi connectivity index (χ0) is 54.0. The number of benzene rings is 10. The Hall–Kier alpha value is -9.60. The summed E-state index contributed by atoms with van der Waals surface area (Å²) in [5, 5.41) is 8.42. The van der Waals surface area contributed by atoms with Crippen molar-refractivity contribution in [1.82, 2.24) is 19.9 Å². The van der Waals surface area contributed by atoms with Crippen molar-refractivity contribution in [2.75, 3.05) is 19.6 Å². The van der Waals surface area contributed by atoms with Crippen LogP contribution in [0.2, 0.25) is 0 Å². The summed E-state index contributed by atoms with van der Waals surface area (Å²) in [4.78, 5) is 36.1. The van der Waals surface area contributed by atoms with Crippen molar-refractivity contribution < 1.29 is 42.1 Å². The summed E-state index contributed by atoms with van der Waals surface area (Å²) in [6, 6.07) is 97.6. The predicted molar refractivity (Wildman–Crippen MR) is 328 cm³/mol. The minimum absolute atomic E-state index is 0. The molecule has 12 nitrogen and oxygen atoms in total. The van der Waals surface area contributed by atoms with Gasteiger partial charge in [-0.15, -0.1) is 24.7 Å². The second-order valence-corrected chi connectivity index (χ2v) is 17.7. The third-order valence-corrected chi connectivity index (χ3v) is 12.3. The molecule has 12 aromatic rings. The minimum Gasteiger partial charge on any atom is -0.477 e. The summed E-state index contributed by atoms with van der Waals surface area (Å²) in [7, 11) is 0. The molecule has 0 saturated carbocycles. The van der Waals surface area contributed by atoms with E-state index in [1.165, 1.54) is 0 Å². The molecule has 0 saturated heterocycles. The molecular formula is C68H50N12Pt2-6. The summed E-state index contributed by atoms with van der Waals surface area (Å²) in [5.74, 6) is 3.26. The molecule has 14 rings (SSSR count). The summed E-state index contributed by atoms with van der Waals surface area (Å²) >= 11 is 0. The fourth-order valence-corrected chi connectivity index (χ4v) is 8.41. The Morgan fingerprint density at radius 3 is 0.915 bits per heavy atom. The number of rotatable bonds is 10. The zero-order valence-electron chi connectivity index (χ0n) is 43.9. The Labute approximate surface area is 506 Å². The van der Waals surface area contributed by atoms with Crippen molar-refractivity contribution in [3.05, 3.63) is 315 Å². The number of aliphatic imine (C=N–C) groups is 2. The fourth-order valence-electron chi connectivity index (χ4n) is 8.41. The van der Waals surface area contributed by atoms with Gasteiger partial charge in [0.05, 0.1) is 22.1 Å². The summed E-state index contributed by atoms with van der Waals surface area (Å²) < 4.78 is 0. The molecule has 0 unspecified atom stereocenters. The molecule has 4 heterocycles. The molecule has 82 heavy (non-hydrogen) atoms. The van der Waals surface area contributed by atoms with Gasteiger partial charge in [0.2, 0.25) is 0 Å². The Kier molecular flexibility index (Phi) is 20.2. The van der Waals surface area contributed by atoms with Gasteiger partial charge in [-0.1, -0.05) is 195 Å². The molecule has 408 valence electrons. The van der Waals surface area contributed by atoms with E-state index in [0.29, 0.717) is 0 Å². The molecule has 0 aliphatic carbocycles. The van der Waals surface area contributed by atoms with Gasteiger partial charge in [0, 0.05) is 53.5 Å². The fraction of sp³-hybridized carbons (Fsp3) is 0. The molecule has 0 fully saturated rings. The molecule has 2 aliphatic rings. The van der Waals surface area contributed by atoms with Crippen molar-refractivity contribution in [1.29, 1.82) is 0 Å². The van der Waals surface area contributed by atoms with Crippen LogP contribution in [-0.2, 0) is 42.1 Å². The van der Waals surface area contributed by atoms with Gasteiger partial charge >= 0.3 is 0 Å². The van der Waals surface area contributed by atoms with Crippen LogP contribution in [0.5, 0.6) is 0 Å². The molecule has 0 N–H and O–H groups in total. The molecular weight excluding hydrogens is 1370 g/mol. The quantitative estimate of drug-likeness (QED) is 0.0755. The topological polar surface area (TPSA) is 117 Å². The largest absolute Gasteiger partial charge is 0.477 e. The Morgan fingerprint density at radius 1 is 0.317 bits per heavy atom. The van der Waals surface area contributed by atoms with E-state index in [-0.39, 0.29) is 42.1 Å². The number of para-hydroxylation sites is 12. The first-order chi connectivity index (χ1) is 39.7. The molecule has 0 amide bonds. The number of hydrogen-bond acceptors (Lipinski definition) is 10. The Balaban J connectivity index is 0.000000135. The average molecular weight is 1430 g/mol. The summed E-state index contributed by atoms with van der Waals surface area (Å²) in [6.45, 7) is 4.04. The van der Waals surface area contributed by atoms with E-state index in [4.69, 9.17) is 19.9 Å². The maximum absolute atomic E-state index is 4.87. The normalized spacial score (nSPS) is 11.9. The van der Waals surface area contributed by atoms with Gasteiger partial charge in [0.15, 0.2) is 0 Å². The van der Waals surface area contributed by atoms with Crippen LogP contribution in [-0.4, -0.2) is 32.6 Å². The molecule has 0 spiro atoms. The predicted octanol–water partition coefficient (Wildman–Crippen LogP) is 17.8. The van der Waals surface area contributed by atoms with Crippen molar-refractivity contribution in [3.8, 4) is 0 Å². The average Bonchev–Trinajstić information content (AvgIpc) is 4.27. The number of nitrogens with zero attached hydrogens (tertiary/aromatic N) is 12. The van der Waals surface area contributed by atoms with E-state index >= 15 is 0 Å². The summed E-state index contributed by atoms with van der Waals surface area (Å²) in [6.07, 6.45) is 3.15. The van der Waals surface area contributed by atoms with Crippen molar-refractivity contribution in [3.63, 3.8) is 0 Å². The summed E-state index contributed by atoms with van der Waals surface area (Å²) in [5.41, 5.74) is 11.2. The van der Waals surface area contributed by atoms with Crippen LogP contribution in [0, 0.1) is 25.5 Å². The molecule has 0 atom stereocenters. The van der Waals surface area contributed by atoms with Crippen LogP contribution in [0.3, 0.4) is 0 Å². The van der Waals surface area contributed by atoms with E-state index in [2.05, 4.69) is 66.8 Å². The standard InChI is InChI=1S/2C21H14N4.2C13H11N2.2Pt/c2*1-3-9-16(10-4-1)24-15-25(17-11-5-2-6-12-17)21-20(24)22-18-13-7-8-14-19(18)23-21;2*1-3-7-12(8-4-1)14-11-15-13-9-5-2-6-10-13;;/h2*1-11,13-15H;2*1-11H;;/q2*-2;2*-1;;. The van der Waals surface area contributed by atoms with Crippen molar-refractivity contribution >= 4 is 104 Å². The van der Waals surface area contributed by atoms with Gasteiger partial charge in [0.1, 0.15) is 23.3 Å². The molecule has 14 heteroatoms. The first-order valence-corrected chi connectivity index (χ1v) is 25.8. The Bertz CT molecular complexity index is 3490. The van der Waals surface area contributed by atoms with E-state index in [9.17, 15) is 0 Å². The van der Waals surface area contributed by atoms with E-state index in [1.807, 2.05) is 278 Å². The van der Waals surface area contributed by atoms with Crippen LogP contribution in [0.25, 0.3) is 32.7 Å². The smallest absolute Gasteiger partial charge is 0.146 e. The van der Waals surface area contributed by atoms with Gasteiger partial charge < -0.3 is 40.2 Å². The molecule has 0 radical (unpaired) electrons. The van der Waals surface area contributed by atoms with E-state index in [0.717, 1.165) is 90.8 Å². The van der Waals surface area contributed by atoms with Crippen LogP contribution >= 0.6 is 0 Å². The third kappa shape index (κ3) is 14.6. The first kappa shape index (κ1) is 57.1. The van der Waals surface area contributed by atoms with Crippen LogP contribution in [0.1, 0.15) is 0 Å². The van der Waals surface area contributed by atoms with Crippen LogP contribution < -0.4 is 19.6 Å². The second kappa shape index (κ2) is 29.0. The van der Waals surface area contributed by atoms with Gasteiger partial charge in [-0.2, -0.15) is 60.7 Å². The Morgan fingerprint density at radius 2 is 0.598 bits per heavy atom. The van der Waals surface area contributed by atoms with E-state index in [1.54, 1.807) is 12.7 Å². The molecule has 2 aromatic heterocycles. The van der Waals surface area contributed by atoms with E-state index < -0.39 is 0 Å². The second-order valence-electron chi connectivity index (χ2n) is 17.7. The zero-order valence-corrected chi connectivity index (χ0v) is 48.4. The number of aromatic nitrogens is 4. The van der Waals surface area contributed by atoms with Gasteiger partial charge in [-0.05, 0) is 71.3 Å². The first-order valence-electron chi connectivity index (χ1n) is 25.8. The maximum Gasteiger partial charge on any atom is 0.146 e. The van der Waals surface area contributed by atoms with Crippen molar-refractivity contribution in [2.24, 2.45) is 9.98 Å². The minimum atomic E-state index is 0. The maximum atomic E-state index is 4.87. The number of anilines is 8. The van der Waals surface area contributed by atoms with Gasteiger partial charge in [-0.3, -0.25) is 0 Å². The van der Waals surface area contributed by atoms with Crippen LogP contribution in [0.15, 0.2) is 289 Å². The van der Waals surface area contributed by atoms with Gasteiger partial charge in [-0.25, -0.2) is 19.9 Å². The van der Waals surface area contributed by atoms with Gasteiger partial charge in [0.25, 0.3) is 0 Å². The third-order valence-electron chi connectivity index (χ3n) is 12.3. The molecule has 10 aromatic carbocycles. The van der Waals surface area contributed by atoms with Crippen molar-refractivity contribution in [2.45, 2.75) is 0 Å². The number of hydrogen-bond donors (Lipinski definition) is 0. The number of fused-ring (bicyclic) bond motifs is 4. The monoisotopic (exact) mass is 1420 g/mol. The molecule has 2 aliphatic heterocycles. The SMILES string of the molecule is C(=Nc1ccccc1)[N-]c1ccccc1.C(=Nc1ccccc1)[N-]c1ccccc1.[Pt].[Pt].[c-]1ccccc1N1[CH-]N(c2ccccc2)c2nc3ccccc3nc21.[c-]1ccccc1N1[CH-]N(c2ccccc2)c2nc3ccccc3nc21.